The van der Waals surface area contributed by atoms with Crippen LogP contribution in [0.5, 0.6) is 0 Å². The van der Waals surface area contributed by atoms with Crippen LogP contribution < -0.4 is 5.32 Å². The van der Waals surface area contributed by atoms with Gasteiger partial charge in [0.15, 0.2) is 0 Å². The van der Waals surface area contributed by atoms with Crippen molar-refractivity contribution in [2.75, 3.05) is 7.05 Å². The van der Waals surface area contributed by atoms with E-state index >= 15 is 0 Å². The standard InChI is InChI=1S/C8H12N2/c1-4-6-8(9-3)10-7-5-2/h4-7,9H,1-2H2,3H3/b8-6-,10-7?. The van der Waals surface area contributed by atoms with E-state index in [2.05, 4.69) is 23.5 Å². The predicted molar refractivity (Wildman–Crippen MR) is 46.0 cm³/mol. The van der Waals surface area contributed by atoms with E-state index in [1.807, 2.05) is 0 Å². The van der Waals surface area contributed by atoms with Gasteiger partial charge in [-0.05, 0) is 6.08 Å². The van der Waals surface area contributed by atoms with Crippen molar-refractivity contribution in [1.82, 2.24) is 5.32 Å². The molecule has 0 heterocycles. The van der Waals surface area contributed by atoms with Gasteiger partial charge >= 0.3 is 0 Å². The number of hydrogen-bond donors (Lipinski definition) is 1. The summed E-state index contributed by atoms with van der Waals surface area (Å²) >= 11 is 0. The van der Waals surface area contributed by atoms with Gasteiger partial charge in [-0.25, -0.2) is 4.99 Å². The van der Waals surface area contributed by atoms with Crippen molar-refractivity contribution in [2.45, 2.75) is 0 Å². The zero-order valence-corrected chi connectivity index (χ0v) is 6.17. The molecule has 0 spiro atoms. The molecule has 54 valence electrons. The molecule has 0 saturated heterocycles. The Morgan fingerprint density at radius 1 is 1.40 bits per heavy atom. The Kier molecular flexibility index (Phi) is 5.06. The van der Waals surface area contributed by atoms with Crippen molar-refractivity contribution < 1.29 is 0 Å². The normalized spacial score (nSPS) is 11.5. The van der Waals surface area contributed by atoms with Gasteiger partial charge < -0.3 is 5.32 Å². The van der Waals surface area contributed by atoms with E-state index in [0.717, 1.165) is 5.82 Å². The third-order valence-corrected chi connectivity index (χ3v) is 0.851. The topological polar surface area (TPSA) is 24.4 Å². The predicted octanol–water partition coefficient (Wildman–Crippen LogP) is 1.49. The highest BCUT2D eigenvalue weighted by atomic mass is 15.0. The molecule has 0 rings (SSSR count). The van der Waals surface area contributed by atoms with Gasteiger partial charge in [0.05, 0.1) is 0 Å². The number of rotatable bonds is 4. The molecule has 0 radical (unpaired) electrons. The molecule has 2 nitrogen and oxygen atoms in total. The van der Waals surface area contributed by atoms with Crippen LogP contribution in [-0.2, 0) is 0 Å². The Hall–Kier alpha value is -1.31. The van der Waals surface area contributed by atoms with Crippen molar-refractivity contribution in [3.8, 4) is 0 Å². The molecule has 2 heteroatoms. The first-order chi connectivity index (χ1) is 4.85. The van der Waals surface area contributed by atoms with E-state index in [4.69, 9.17) is 0 Å². The Morgan fingerprint density at radius 3 is 2.50 bits per heavy atom. The largest absolute Gasteiger partial charge is 0.373 e. The van der Waals surface area contributed by atoms with Crippen molar-refractivity contribution >= 4 is 6.21 Å². The van der Waals surface area contributed by atoms with Crippen LogP contribution in [0, 0.1) is 0 Å². The fourth-order valence-corrected chi connectivity index (χ4v) is 0.436. The molecule has 0 amide bonds. The number of aliphatic imine (C=N–C) groups is 1. The van der Waals surface area contributed by atoms with Gasteiger partial charge in [-0.1, -0.05) is 25.3 Å². The third kappa shape index (κ3) is 3.66. The van der Waals surface area contributed by atoms with Crippen molar-refractivity contribution in [1.29, 1.82) is 0 Å². The minimum absolute atomic E-state index is 0.773. The fraction of sp³-hybridized carbons (Fsp3) is 0.125. The number of allylic oxidation sites excluding steroid dienone is 3. The molecule has 0 unspecified atom stereocenters. The van der Waals surface area contributed by atoms with Gasteiger partial charge in [0.2, 0.25) is 0 Å². The second-order valence-electron chi connectivity index (χ2n) is 1.55. The van der Waals surface area contributed by atoms with Crippen molar-refractivity contribution in [3.63, 3.8) is 0 Å². The maximum atomic E-state index is 3.99. The first-order valence-corrected chi connectivity index (χ1v) is 3.00. The monoisotopic (exact) mass is 136 g/mol. The molecule has 0 aliphatic heterocycles. The zero-order chi connectivity index (χ0) is 7.82. The zero-order valence-electron chi connectivity index (χ0n) is 6.17. The van der Waals surface area contributed by atoms with Gasteiger partial charge in [-0.3, -0.25) is 0 Å². The molecule has 0 saturated carbocycles. The summed E-state index contributed by atoms with van der Waals surface area (Å²) in [7, 11) is 1.80. The van der Waals surface area contributed by atoms with E-state index in [-0.39, 0.29) is 0 Å². The maximum absolute atomic E-state index is 3.99. The van der Waals surface area contributed by atoms with Crippen LogP contribution in [0.4, 0.5) is 0 Å². The molecule has 0 bridgehead atoms. The molecule has 0 fully saturated rings. The lowest BCUT2D eigenvalue weighted by atomic mass is 10.5. The van der Waals surface area contributed by atoms with Crippen LogP contribution in [0.15, 0.2) is 42.2 Å². The van der Waals surface area contributed by atoms with Gasteiger partial charge in [-0.2, -0.15) is 0 Å². The van der Waals surface area contributed by atoms with Crippen LogP contribution in [-0.4, -0.2) is 13.3 Å². The quantitative estimate of drug-likeness (QED) is 0.459. The van der Waals surface area contributed by atoms with E-state index in [0.29, 0.717) is 0 Å². The fourth-order valence-electron chi connectivity index (χ4n) is 0.436. The first kappa shape index (κ1) is 8.69. The van der Waals surface area contributed by atoms with Crippen molar-refractivity contribution in [3.05, 3.63) is 37.2 Å². The summed E-state index contributed by atoms with van der Waals surface area (Å²) in [6.45, 7) is 7.04. The van der Waals surface area contributed by atoms with Crippen molar-refractivity contribution in [2.24, 2.45) is 4.99 Å². The van der Waals surface area contributed by atoms with Crippen LogP contribution in [0.2, 0.25) is 0 Å². The highest BCUT2D eigenvalue weighted by Gasteiger charge is 1.80. The van der Waals surface area contributed by atoms with Crippen LogP contribution in [0.3, 0.4) is 0 Å². The number of nitrogens with one attached hydrogen (secondary N) is 1. The molecular formula is C8H12N2. The minimum atomic E-state index is 0.773. The van der Waals surface area contributed by atoms with Crippen LogP contribution >= 0.6 is 0 Å². The van der Waals surface area contributed by atoms with E-state index in [1.165, 1.54) is 0 Å². The summed E-state index contributed by atoms with van der Waals surface area (Å²) in [5.74, 6) is 0.773. The molecule has 0 aliphatic rings. The summed E-state index contributed by atoms with van der Waals surface area (Å²) in [5.41, 5.74) is 0. The lowest BCUT2D eigenvalue weighted by molar-refractivity contribution is 0.969. The van der Waals surface area contributed by atoms with Gasteiger partial charge in [-0.15, -0.1) is 0 Å². The second-order valence-corrected chi connectivity index (χ2v) is 1.55. The average molecular weight is 136 g/mol. The third-order valence-electron chi connectivity index (χ3n) is 0.851. The van der Waals surface area contributed by atoms with Crippen LogP contribution in [0.1, 0.15) is 0 Å². The maximum Gasteiger partial charge on any atom is 0.125 e. The first-order valence-electron chi connectivity index (χ1n) is 3.00. The molecule has 0 aromatic rings. The second kappa shape index (κ2) is 5.82. The lowest BCUT2D eigenvalue weighted by Crippen LogP contribution is -2.02. The minimum Gasteiger partial charge on any atom is -0.373 e. The van der Waals surface area contributed by atoms with E-state index in [1.54, 1.807) is 31.5 Å². The molecule has 0 aliphatic carbocycles. The summed E-state index contributed by atoms with van der Waals surface area (Å²) in [5, 5.41) is 2.88. The van der Waals surface area contributed by atoms with Crippen LogP contribution in [0.25, 0.3) is 0 Å². The number of hydrogen-bond acceptors (Lipinski definition) is 2. The highest BCUT2D eigenvalue weighted by Crippen LogP contribution is 1.88. The van der Waals surface area contributed by atoms with Gasteiger partial charge in [0.25, 0.3) is 0 Å². The summed E-state index contributed by atoms with van der Waals surface area (Å²) < 4.78 is 0. The van der Waals surface area contributed by atoms with Gasteiger partial charge in [0, 0.05) is 13.3 Å². The smallest absolute Gasteiger partial charge is 0.125 e. The molecule has 0 aromatic carbocycles. The Balaban J connectivity index is 4.06. The highest BCUT2D eigenvalue weighted by molar-refractivity contribution is 5.71. The van der Waals surface area contributed by atoms with E-state index < -0.39 is 0 Å². The van der Waals surface area contributed by atoms with E-state index in [9.17, 15) is 0 Å². The summed E-state index contributed by atoms with van der Waals surface area (Å²) in [6, 6.07) is 0. The lowest BCUT2D eigenvalue weighted by Gasteiger charge is -1.95. The average Bonchev–Trinajstić information content (AvgIpc) is 1.98. The number of nitrogens with zero attached hydrogens (tertiary/aromatic N) is 1. The Labute approximate surface area is 61.7 Å². The molecule has 0 atom stereocenters. The molecule has 10 heavy (non-hydrogen) atoms. The molecule has 1 N–H and O–H groups in total. The SMILES string of the molecule is C=CC=N/C(=C\C=C)NC. The Morgan fingerprint density at radius 2 is 2.10 bits per heavy atom. The Bertz CT molecular complexity index is 166. The summed E-state index contributed by atoms with van der Waals surface area (Å²) in [6.07, 6.45) is 6.69. The molecule has 0 aromatic heterocycles. The van der Waals surface area contributed by atoms with Gasteiger partial charge in [0.1, 0.15) is 5.82 Å². The molecular weight excluding hydrogens is 124 g/mol. The summed E-state index contributed by atoms with van der Waals surface area (Å²) in [4.78, 5) is 3.99.